The van der Waals surface area contributed by atoms with Gasteiger partial charge in [-0.15, -0.1) is 0 Å². The zero-order valence-corrected chi connectivity index (χ0v) is 18.0. The number of ether oxygens (including phenoxy) is 1. The number of esters is 1. The van der Waals surface area contributed by atoms with E-state index in [2.05, 4.69) is 0 Å². The Bertz CT molecular complexity index is 1210. The van der Waals surface area contributed by atoms with Crippen molar-refractivity contribution in [2.75, 3.05) is 10.8 Å². The molecule has 1 aliphatic heterocycles. The van der Waals surface area contributed by atoms with Crippen LogP contribution in [0.4, 0.5) is 5.69 Å². The molecule has 0 spiro atoms. The van der Waals surface area contributed by atoms with Crippen LogP contribution in [0.3, 0.4) is 0 Å². The first kappa shape index (κ1) is 20.7. The summed E-state index contributed by atoms with van der Waals surface area (Å²) in [6.07, 6.45) is 1.60. The molecule has 0 fully saturated rings. The summed E-state index contributed by atoms with van der Waals surface area (Å²) >= 11 is 12.0. The first-order valence-corrected chi connectivity index (χ1v) is 11.4. The number of benzene rings is 3. The van der Waals surface area contributed by atoms with Gasteiger partial charge in [0, 0.05) is 6.54 Å². The topological polar surface area (TPSA) is 63.7 Å². The Kier molecular flexibility index (Phi) is 5.73. The predicted molar refractivity (Wildman–Crippen MR) is 117 cm³/mol. The van der Waals surface area contributed by atoms with Crippen LogP contribution in [0.2, 0.25) is 10.0 Å². The summed E-state index contributed by atoms with van der Waals surface area (Å²) in [4.78, 5) is 12.5. The van der Waals surface area contributed by atoms with Gasteiger partial charge in [-0.2, -0.15) is 0 Å². The third-order valence-corrected chi connectivity index (χ3v) is 7.49. The second kappa shape index (κ2) is 8.30. The number of aryl methyl sites for hydroxylation is 1. The molecule has 0 saturated heterocycles. The number of para-hydroxylation sites is 1. The minimum Gasteiger partial charge on any atom is -0.421 e. The maximum Gasteiger partial charge on any atom is 0.343 e. The molecule has 1 heterocycles. The lowest BCUT2D eigenvalue weighted by atomic mass is 10.0. The number of hydrogen-bond acceptors (Lipinski definition) is 4. The van der Waals surface area contributed by atoms with Crippen molar-refractivity contribution in [1.82, 2.24) is 0 Å². The Morgan fingerprint density at radius 2 is 1.67 bits per heavy atom. The van der Waals surface area contributed by atoms with E-state index in [1.165, 1.54) is 34.6 Å². The molecule has 1 aliphatic rings. The summed E-state index contributed by atoms with van der Waals surface area (Å²) in [7, 11) is -3.75. The Morgan fingerprint density at radius 1 is 0.933 bits per heavy atom. The van der Waals surface area contributed by atoms with Gasteiger partial charge in [0.25, 0.3) is 10.0 Å². The summed E-state index contributed by atoms with van der Waals surface area (Å²) in [5.74, 6) is -0.526. The van der Waals surface area contributed by atoms with Gasteiger partial charge in [-0.3, -0.25) is 4.31 Å². The largest absolute Gasteiger partial charge is 0.421 e. The molecule has 0 aliphatic carbocycles. The van der Waals surface area contributed by atoms with Crippen molar-refractivity contribution < 1.29 is 17.9 Å². The summed E-state index contributed by atoms with van der Waals surface area (Å²) in [6.45, 7) is 0.413. The molecule has 8 heteroatoms. The van der Waals surface area contributed by atoms with E-state index in [4.69, 9.17) is 27.9 Å². The summed E-state index contributed by atoms with van der Waals surface area (Å²) in [6, 6.07) is 17.9. The van der Waals surface area contributed by atoms with Gasteiger partial charge in [-0.1, -0.05) is 47.5 Å². The zero-order valence-electron chi connectivity index (χ0n) is 15.7. The van der Waals surface area contributed by atoms with Crippen molar-refractivity contribution in [2.45, 2.75) is 17.7 Å². The number of fused-ring (bicyclic) bond motifs is 1. The standard InChI is InChI=1S/C22H17Cl2NO4S/c23-18-7-3-9-20(21(18)24)29-22(26)16-10-12-17(13-11-16)30(27,28)25-14-4-6-15-5-1-2-8-19(15)25/h1-3,5,7-13H,4,6,14H2. The van der Waals surface area contributed by atoms with Gasteiger partial charge < -0.3 is 4.74 Å². The van der Waals surface area contributed by atoms with E-state index in [0.29, 0.717) is 12.2 Å². The van der Waals surface area contributed by atoms with E-state index in [1.54, 1.807) is 12.1 Å². The molecule has 0 radical (unpaired) electrons. The minimum absolute atomic E-state index is 0.108. The second-order valence-electron chi connectivity index (χ2n) is 6.78. The van der Waals surface area contributed by atoms with Gasteiger partial charge in [0.05, 0.1) is 21.2 Å². The van der Waals surface area contributed by atoms with Crippen LogP contribution in [0.1, 0.15) is 22.3 Å². The van der Waals surface area contributed by atoms with Crippen LogP contribution in [0.5, 0.6) is 5.75 Å². The maximum atomic E-state index is 13.2. The van der Waals surface area contributed by atoms with Crippen LogP contribution in [-0.4, -0.2) is 20.9 Å². The number of carbonyl (C=O) groups excluding carboxylic acids is 1. The fourth-order valence-corrected chi connectivity index (χ4v) is 5.23. The monoisotopic (exact) mass is 461 g/mol. The van der Waals surface area contributed by atoms with Crippen molar-refractivity contribution in [1.29, 1.82) is 0 Å². The smallest absolute Gasteiger partial charge is 0.343 e. The molecule has 0 saturated carbocycles. The Labute approximate surface area is 184 Å². The molecule has 0 bridgehead atoms. The Morgan fingerprint density at radius 3 is 2.43 bits per heavy atom. The molecule has 5 nitrogen and oxygen atoms in total. The van der Waals surface area contributed by atoms with Crippen LogP contribution < -0.4 is 9.04 Å². The van der Waals surface area contributed by atoms with Gasteiger partial charge in [0.2, 0.25) is 0 Å². The number of hydrogen-bond donors (Lipinski definition) is 0. The quantitative estimate of drug-likeness (QED) is 0.387. The fraction of sp³-hybridized carbons (Fsp3) is 0.136. The van der Waals surface area contributed by atoms with E-state index in [-0.39, 0.29) is 26.3 Å². The average Bonchev–Trinajstić information content (AvgIpc) is 2.76. The van der Waals surface area contributed by atoms with Gasteiger partial charge >= 0.3 is 5.97 Å². The molecule has 154 valence electrons. The van der Waals surface area contributed by atoms with Gasteiger partial charge in [0.15, 0.2) is 5.75 Å². The highest BCUT2D eigenvalue weighted by Gasteiger charge is 2.29. The van der Waals surface area contributed by atoms with E-state index >= 15 is 0 Å². The van der Waals surface area contributed by atoms with Crippen LogP contribution >= 0.6 is 23.2 Å². The SMILES string of the molecule is O=C(Oc1cccc(Cl)c1Cl)c1ccc(S(=O)(=O)N2CCCc3ccccc32)cc1. The first-order chi connectivity index (χ1) is 14.4. The third kappa shape index (κ3) is 3.90. The van der Waals surface area contributed by atoms with Crippen molar-refractivity contribution >= 4 is 44.9 Å². The molecule has 3 aromatic carbocycles. The number of sulfonamides is 1. The highest BCUT2D eigenvalue weighted by Crippen LogP contribution is 2.33. The second-order valence-corrected chi connectivity index (χ2v) is 9.42. The molecule has 30 heavy (non-hydrogen) atoms. The van der Waals surface area contributed by atoms with Crippen LogP contribution in [0, 0.1) is 0 Å². The lowest BCUT2D eigenvalue weighted by Crippen LogP contribution is -2.35. The molecule has 0 N–H and O–H groups in total. The number of nitrogens with zero attached hydrogens (tertiary/aromatic N) is 1. The Hall–Kier alpha value is -2.54. The number of rotatable bonds is 4. The molecule has 0 amide bonds. The summed E-state index contributed by atoms with van der Waals surface area (Å²) in [5.41, 5.74) is 1.90. The van der Waals surface area contributed by atoms with E-state index in [0.717, 1.165) is 18.4 Å². The Balaban J connectivity index is 1.58. The number of carbonyl (C=O) groups is 1. The van der Waals surface area contributed by atoms with Crippen LogP contribution in [-0.2, 0) is 16.4 Å². The maximum absolute atomic E-state index is 13.2. The lowest BCUT2D eigenvalue weighted by Gasteiger charge is -2.30. The van der Waals surface area contributed by atoms with Crippen molar-refractivity contribution in [3.8, 4) is 5.75 Å². The molecule has 0 aromatic heterocycles. The van der Waals surface area contributed by atoms with Crippen LogP contribution in [0.25, 0.3) is 0 Å². The average molecular weight is 462 g/mol. The number of halogens is 2. The predicted octanol–water partition coefficient (Wildman–Crippen LogP) is 5.35. The molecule has 0 atom stereocenters. The van der Waals surface area contributed by atoms with E-state index < -0.39 is 16.0 Å². The molecule has 3 aromatic rings. The zero-order chi connectivity index (χ0) is 21.3. The molecule has 0 unspecified atom stereocenters. The van der Waals surface area contributed by atoms with Crippen LogP contribution in [0.15, 0.2) is 71.6 Å². The number of anilines is 1. The van der Waals surface area contributed by atoms with Crippen molar-refractivity contribution in [3.05, 3.63) is 87.9 Å². The van der Waals surface area contributed by atoms with Crippen molar-refractivity contribution in [2.24, 2.45) is 0 Å². The van der Waals surface area contributed by atoms with Gasteiger partial charge in [-0.05, 0) is 60.9 Å². The third-order valence-electron chi connectivity index (χ3n) is 4.86. The minimum atomic E-state index is -3.75. The molecular formula is C22H17Cl2NO4S. The highest BCUT2D eigenvalue weighted by atomic mass is 35.5. The fourth-order valence-electron chi connectivity index (χ4n) is 3.36. The van der Waals surface area contributed by atoms with E-state index in [9.17, 15) is 13.2 Å². The molecule has 4 rings (SSSR count). The van der Waals surface area contributed by atoms with Crippen molar-refractivity contribution in [3.63, 3.8) is 0 Å². The normalized spacial score (nSPS) is 13.6. The molecular weight excluding hydrogens is 445 g/mol. The first-order valence-electron chi connectivity index (χ1n) is 9.25. The summed E-state index contributed by atoms with van der Waals surface area (Å²) < 4.78 is 33.1. The highest BCUT2D eigenvalue weighted by molar-refractivity contribution is 7.92. The van der Waals surface area contributed by atoms with E-state index in [1.807, 2.05) is 24.3 Å². The summed E-state index contributed by atoms with van der Waals surface area (Å²) in [5, 5.41) is 0.403. The van der Waals surface area contributed by atoms with Gasteiger partial charge in [0.1, 0.15) is 5.02 Å². The lowest BCUT2D eigenvalue weighted by molar-refractivity contribution is 0.0735. The van der Waals surface area contributed by atoms with Gasteiger partial charge in [-0.25, -0.2) is 13.2 Å².